The Balaban J connectivity index is 1.73. The van der Waals surface area contributed by atoms with Crippen molar-refractivity contribution < 1.29 is 22.9 Å². The van der Waals surface area contributed by atoms with Gasteiger partial charge in [0.05, 0.1) is 21.6 Å². The highest BCUT2D eigenvalue weighted by Gasteiger charge is 2.27. The van der Waals surface area contributed by atoms with E-state index in [4.69, 9.17) is 4.74 Å². The van der Waals surface area contributed by atoms with Gasteiger partial charge in [0.25, 0.3) is 5.69 Å². The first kappa shape index (κ1) is 25.4. The second kappa shape index (κ2) is 11.3. The molecule has 10 nitrogen and oxygen atoms in total. The third-order valence-corrected chi connectivity index (χ3v) is 7.20. The molecular formula is C23H30N4O6S. The van der Waals surface area contributed by atoms with E-state index in [1.807, 2.05) is 13.8 Å². The summed E-state index contributed by atoms with van der Waals surface area (Å²) < 4.78 is 33.4. The lowest BCUT2D eigenvalue weighted by Crippen LogP contribution is -2.35. The Morgan fingerprint density at radius 3 is 2.50 bits per heavy atom. The van der Waals surface area contributed by atoms with Gasteiger partial charge in [-0.3, -0.25) is 14.9 Å². The summed E-state index contributed by atoms with van der Waals surface area (Å²) in [6.45, 7) is 4.78. The molecule has 1 saturated heterocycles. The number of nitro groups is 1. The number of anilines is 2. The fourth-order valence-corrected chi connectivity index (χ4v) is 5.23. The molecule has 0 unspecified atom stereocenters. The first-order valence-electron chi connectivity index (χ1n) is 11.3. The second-order valence-electron chi connectivity index (χ2n) is 8.29. The van der Waals surface area contributed by atoms with Crippen LogP contribution in [0.15, 0.2) is 47.4 Å². The van der Waals surface area contributed by atoms with E-state index in [2.05, 4.69) is 10.6 Å². The van der Waals surface area contributed by atoms with Crippen molar-refractivity contribution in [3.05, 3.63) is 52.6 Å². The number of sulfonamides is 1. The predicted octanol–water partition coefficient (Wildman–Crippen LogP) is 4.00. The van der Waals surface area contributed by atoms with E-state index in [9.17, 15) is 23.3 Å². The van der Waals surface area contributed by atoms with E-state index in [0.29, 0.717) is 24.5 Å². The summed E-state index contributed by atoms with van der Waals surface area (Å²) in [7, 11) is -3.68. The maximum Gasteiger partial charge on any atom is 0.292 e. The van der Waals surface area contributed by atoms with Gasteiger partial charge < -0.3 is 15.4 Å². The number of hydrogen-bond donors (Lipinski definition) is 2. The fourth-order valence-electron chi connectivity index (χ4n) is 3.68. The van der Waals surface area contributed by atoms with Crippen molar-refractivity contribution in [3.8, 4) is 5.75 Å². The van der Waals surface area contributed by atoms with Crippen molar-refractivity contribution in [1.29, 1.82) is 0 Å². The average molecular weight is 491 g/mol. The largest absolute Gasteiger partial charge is 0.489 e. The van der Waals surface area contributed by atoms with E-state index < -0.39 is 14.9 Å². The van der Waals surface area contributed by atoms with Gasteiger partial charge in [0.2, 0.25) is 15.9 Å². The van der Waals surface area contributed by atoms with Crippen LogP contribution in [0.5, 0.6) is 5.75 Å². The quantitative estimate of drug-likeness (QED) is 0.380. The molecule has 1 amide bonds. The maximum atomic E-state index is 13.1. The van der Waals surface area contributed by atoms with Crippen LogP contribution >= 0.6 is 0 Å². The Bertz CT molecular complexity index is 1130. The molecule has 0 saturated carbocycles. The molecule has 184 valence electrons. The van der Waals surface area contributed by atoms with E-state index in [1.165, 1.54) is 22.5 Å². The van der Waals surface area contributed by atoms with Gasteiger partial charge in [-0.15, -0.1) is 0 Å². The van der Waals surface area contributed by atoms with Crippen LogP contribution in [0.4, 0.5) is 17.1 Å². The number of amides is 1. The van der Waals surface area contributed by atoms with Crippen molar-refractivity contribution in [2.24, 2.45) is 0 Å². The lowest BCUT2D eigenvalue weighted by molar-refractivity contribution is -0.384. The van der Waals surface area contributed by atoms with Crippen LogP contribution in [0.1, 0.15) is 39.5 Å². The minimum absolute atomic E-state index is 0.0102. The number of benzene rings is 2. The summed E-state index contributed by atoms with van der Waals surface area (Å²) in [4.78, 5) is 23.4. The van der Waals surface area contributed by atoms with E-state index in [-0.39, 0.29) is 41.2 Å². The van der Waals surface area contributed by atoms with Gasteiger partial charge in [0.1, 0.15) is 11.4 Å². The summed E-state index contributed by atoms with van der Waals surface area (Å²) in [6, 6.07) is 10.7. The number of carbonyl (C=O) groups is 1. The van der Waals surface area contributed by atoms with Gasteiger partial charge in [0, 0.05) is 32.1 Å². The van der Waals surface area contributed by atoms with Crippen LogP contribution in [0.3, 0.4) is 0 Å². The van der Waals surface area contributed by atoms with Crippen molar-refractivity contribution in [1.82, 2.24) is 4.31 Å². The normalized spacial score (nSPS) is 14.6. The SMILES string of the molecule is CC(C)Oc1ccc(S(=O)(=O)N2CCCCC2)cc1NC(=O)CCNc1ccccc1[N+](=O)[O-]. The Hall–Kier alpha value is -3.18. The van der Waals surface area contributed by atoms with Crippen molar-refractivity contribution >= 4 is 33.0 Å². The molecule has 0 radical (unpaired) electrons. The Kier molecular flexibility index (Phi) is 8.46. The minimum Gasteiger partial charge on any atom is -0.489 e. The van der Waals surface area contributed by atoms with Crippen LogP contribution in [-0.4, -0.2) is 49.3 Å². The zero-order valence-electron chi connectivity index (χ0n) is 19.3. The predicted molar refractivity (Wildman–Crippen MR) is 130 cm³/mol. The van der Waals surface area contributed by atoms with Gasteiger partial charge >= 0.3 is 0 Å². The first-order chi connectivity index (χ1) is 16.2. The number of hydrogen-bond acceptors (Lipinski definition) is 7. The molecule has 2 N–H and O–H groups in total. The summed E-state index contributed by atoms with van der Waals surface area (Å²) >= 11 is 0. The number of nitro benzene ring substituents is 1. The maximum absolute atomic E-state index is 13.1. The fraction of sp³-hybridized carbons (Fsp3) is 0.435. The molecule has 1 aliphatic heterocycles. The highest BCUT2D eigenvalue weighted by Crippen LogP contribution is 2.31. The highest BCUT2D eigenvalue weighted by molar-refractivity contribution is 7.89. The van der Waals surface area contributed by atoms with Crippen LogP contribution in [0.2, 0.25) is 0 Å². The zero-order chi connectivity index (χ0) is 24.7. The van der Waals surface area contributed by atoms with Gasteiger partial charge in [-0.05, 0) is 51.0 Å². The zero-order valence-corrected chi connectivity index (χ0v) is 20.1. The highest BCUT2D eigenvalue weighted by atomic mass is 32.2. The summed E-state index contributed by atoms with van der Waals surface area (Å²) in [6.07, 6.45) is 2.49. The molecule has 2 aromatic carbocycles. The number of ether oxygens (including phenoxy) is 1. The molecule has 0 aromatic heterocycles. The number of para-hydroxylation sites is 2. The van der Waals surface area contributed by atoms with Crippen LogP contribution in [-0.2, 0) is 14.8 Å². The van der Waals surface area contributed by atoms with Crippen molar-refractivity contribution in [2.45, 2.75) is 50.5 Å². The molecule has 11 heteroatoms. The molecule has 1 fully saturated rings. The van der Waals surface area contributed by atoms with Crippen LogP contribution in [0, 0.1) is 10.1 Å². The Labute approximate surface area is 199 Å². The van der Waals surface area contributed by atoms with Crippen LogP contribution < -0.4 is 15.4 Å². The van der Waals surface area contributed by atoms with E-state index in [1.54, 1.807) is 24.3 Å². The average Bonchev–Trinajstić information content (AvgIpc) is 2.80. The second-order valence-corrected chi connectivity index (χ2v) is 10.2. The standard InChI is InChI=1S/C23H30N4O6S/c1-17(2)33-22-11-10-18(34(31,32)26-14-6-3-7-15-26)16-20(22)25-23(28)12-13-24-19-8-4-5-9-21(19)27(29)30/h4-5,8-11,16-17,24H,3,6-7,12-15H2,1-2H3,(H,25,28). The Morgan fingerprint density at radius 1 is 1.12 bits per heavy atom. The molecule has 0 aliphatic carbocycles. The monoisotopic (exact) mass is 490 g/mol. The number of carbonyl (C=O) groups excluding carboxylic acids is 1. The first-order valence-corrected chi connectivity index (χ1v) is 12.7. The Morgan fingerprint density at radius 2 is 1.82 bits per heavy atom. The molecule has 1 heterocycles. The third kappa shape index (κ3) is 6.45. The number of nitrogens with zero attached hydrogens (tertiary/aromatic N) is 2. The topological polar surface area (TPSA) is 131 Å². The molecule has 3 rings (SSSR count). The van der Waals surface area contributed by atoms with E-state index in [0.717, 1.165) is 19.3 Å². The molecule has 0 atom stereocenters. The lowest BCUT2D eigenvalue weighted by Gasteiger charge is -2.26. The van der Waals surface area contributed by atoms with Gasteiger partial charge in [0.15, 0.2) is 0 Å². The molecule has 34 heavy (non-hydrogen) atoms. The molecular weight excluding hydrogens is 460 g/mol. The van der Waals surface area contributed by atoms with Crippen molar-refractivity contribution in [3.63, 3.8) is 0 Å². The third-order valence-electron chi connectivity index (χ3n) is 5.31. The minimum atomic E-state index is -3.68. The smallest absolute Gasteiger partial charge is 0.292 e. The molecule has 0 spiro atoms. The number of piperidine rings is 1. The summed E-state index contributed by atoms with van der Waals surface area (Å²) in [5, 5.41) is 16.8. The van der Waals surface area contributed by atoms with E-state index >= 15 is 0 Å². The number of nitrogens with one attached hydrogen (secondary N) is 2. The van der Waals surface area contributed by atoms with Gasteiger partial charge in [-0.2, -0.15) is 4.31 Å². The van der Waals surface area contributed by atoms with Gasteiger partial charge in [-0.25, -0.2) is 8.42 Å². The lowest BCUT2D eigenvalue weighted by atomic mass is 10.2. The molecule has 0 bridgehead atoms. The molecule has 2 aromatic rings. The van der Waals surface area contributed by atoms with Crippen LogP contribution in [0.25, 0.3) is 0 Å². The van der Waals surface area contributed by atoms with Gasteiger partial charge in [-0.1, -0.05) is 18.6 Å². The summed E-state index contributed by atoms with van der Waals surface area (Å²) in [5.74, 6) is -0.0141. The molecule has 1 aliphatic rings. The summed E-state index contributed by atoms with van der Waals surface area (Å²) in [5.41, 5.74) is 0.507. The van der Waals surface area contributed by atoms with Crippen molar-refractivity contribution in [2.75, 3.05) is 30.3 Å². The number of rotatable bonds is 10.